The van der Waals surface area contributed by atoms with Crippen LogP contribution in [0.3, 0.4) is 0 Å². The lowest BCUT2D eigenvalue weighted by Crippen LogP contribution is -2.63. The summed E-state index contributed by atoms with van der Waals surface area (Å²) in [6.07, 6.45) is -1.11. The van der Waals surface area contributed by atoms with E-state index in [2.05, 4.69) is 31.9 Å². The van der Waals surface area contributed by atoms with Gasteiger partial charge >= 0.3 is 5.97 Å². The molecule has 0 radical (unpaired) electrons. The fourth-order valence-corrected chi connectivity index (χ4v) is 14.7. The Balaban J connectivity index is 1.40. The molecule has 0 bridgehead atoms. The molecule has 111 heavy (non-hydrogen) atoms. The van der Waals surface area contributed by atoms with Gasteiger partial charge in [0.05, 0.1) is 48.6 Å². The number of hydrogen-bond acceptors (Lipinski definition) is 19. The van der Waals surface area contributed by atoms with Crippen LogP contribution < -0.4 is 42.4 Å². The first-order chi connectivity index (χ1) is 52.4. The third-order valence-corrected chi connectivity index (χ3v) is 21.9. The highest BCUT2D eigenvalue weighted by Gasteiger charge is 2.42. The third kappa shape index (κ3) is 28.6. The van der Waals surface area contributed by atoms with E-state index in [4.69, 9.17) is 10.5 Å². The van der Waals surface area contributed by atoms with Crippen LogP contribution in [0.25, 0.3) is 0 Å². The number of rotatable bonds is 42. The predicted octanol–water partition coefficient (Wildman–Crippen LogP) is 4.39. The molecule has 10 N–H and O–H groups in total. The summed E-state index contributed by atoms with van der Waals surface area (Å²) < 4.78 is 6.04. The van der Waals surface area contributed by atoms with Gasteiger partial charge in [0.15, 0.2) is 0 Å². The van der Waals surface area contributed by atoms with E-state index in [1.54, 1.807) is 136 Å². The zero-order chi connectivity index (χ0) is 82.5. The van der Waals surface area contributed by atoms with Crippen molar-refractivity contribution in [3.05, 3.63) is 131 Å². The molecular weight excluding hydrogens is 1460 g/mol. The molecule has 5 rings (SSSR count). The Morgan fingerprint density at radius 1 is 0.550 bits per heavy atom. The Morgan fingerprint density at radius 3 is 1.59 bits per heavy atom. The highest BCUT2D eigenvalue weighted by Crippen LogP contribution is 2.39. The van der Waals surface area contributed by atoms with Gasteiger partial charge in [0.2, 0.25) is 65.0 Å². The average Bonchev–Trinajstić information content (AvgIpc) is 0.825. The Kier molecular flexibility index (Phi) is 38.0. The molecule has 28 nitrogen and oxygen atoms in total. The number of carbonyl (C=O) groups excluding carboxylic acids is 12. The van der Waals surface area contributed by atoms with Crippen molar-refractivity contribution in [1.29, 1.82) is 0 Å². The number of carbonyl (C=O) groups is 12. The number of nitrogens with two attached hydrogens (primary N) is 1. The fraction of sp³-hybridized carbons (Fsp3) is 0.556. The molecule has 0 spiro atoms. The maximum Gasteiger partial charge on any atom is 0.313 e. The van der Waals surface area contributed by atoms with Crippen LogP contribution in [0, 0.1) is 24.7 Å². The van der Waals surface area contributed by atoms with Crippen LogP contribution in [0.15, 0.2) is 114 Å². The van der Waals surface area contributed by atoms with Crippen molar-refractivity contribution in [1.82, 2.24) is 61.3 Å². The molecular formula is C81H119N13O15S2. The highest BCUT2D eigenvalue weighted by atomic mass is 33.1. The molecule has 30 heteroatoms. The quantitative estimate of drug-likeness (QED) is 0.0129. The molecule has 1 aliphatic rings. The summed E-state index contributed by atoms with van der Waals surface area (Å²) in [5.74, 6) is -8.55. The molecule has 4 aromatic rings. The summed E-state index contributed by atoms with van der Waals surface area (Å²) in [6, 6.07) is 19.0. The number of likely N-dealkylation sites (tertiary alicyclic amines) is 1. The van der Waals surface area contributed by atoms with Crippen molar-refractivity contribution in [2.75, 3.05) is 67.2 Å². The van der Waals surface area contributed by atoms with Gasteiger partial charge in [0.25, 0.3) is 0 Å². The predicted molar refractivity (Wildman–Crippen MR) is 429 cm³/mol. The van der Waals surface area contributed by atoms with E-state index in [0.717, 1.165) is 44.6 Å². The van der Waals surface area contributed by atoms with Crippen molar-refractivity contribution in [2.24, 2.45) is 23.5 Å². The van der Waals surface area contributed by atoms with Crippen molar-refractivity contribution in [3.63, 3.8) is 0 Å². The van der Waals surface area contributed by atoms with Crippen LogP contribution >= 0.6 is 21.6 Å². The molecule has 4 aromatic carbocycles. The van der Waals surface area contributed by atoms with Gasteiger partial charge in [-0.15, -0.1) is 0 Å². The maximum absolute atomic E-state index is 15.3. The molecule has 1 aliphatic heterocycles. The number of ether oxygens (including phenoxy) is 1. The van der Waals surface area contributed by atoms with Gasteiger partial charge in [-0.3, -0.25) is 62.4 Å². The normalized spacial score (nSPS) is 15.5. The lowest BCUT2D eigenvalue weighted by atomic mass is 9.97. The number of likely N-dealkylation sites (N-methyl/N-ethyl adjacent to an activating group) is 5. The molecule has 610 valence electrons. The molecule has 11 amide bonds. The highest BCUT2D eigenvalue weighted by molar-refractivity contribution is 8.76. The number of aliphatic hydroxyl groups is 2. The topological polar surface area (TPSA) is 372 Å². The molecule has 0 aliphatic carbocycles. The molecule has 0 saturated carbocycles. The first-order valence-electron chi connectivity index (χ1n) is 38.1. The molecule has 1 fully saturated rings. The minimum Gasteiger partial charge on any atom is -0.425 e. The van der Waals surface area contributed by atoms with Crippen LogP contribution in [0.1, 0.15) is 130 Å². The summed E-state index contributed by atoms with van der Waals surface area (Å²) in [4.78, 5) is 182. The standard InChI is InChI=1S/C81H119N13O15S2/c1-17-110-111-65-38-30-31-52(8)71(65)109-68(98)46-60(78(105)91(14)63(45-58-36-26-20-27-37-58)75(102)84-54(10)77(104)94-39-28-21-29-40-94)86-73(100)59(43-56-32-22-18-23-33-56)85-66(96)48-89(12)79(106)64(42-50(4)5)90(13)67(97)47-83-74(101)62(44-57-34-24-19-25-35-57)93(16)81(108)70(55(11)95)88-76(103)61(41-49(2)3)92(15)80(107)69(51(6)7)87-72(99)53(9)82/h18-20,22-27,30-38,49-51,53-55,59-64,69-70,80,95,107H,17,21,28-29,39-48,82H2,1-16H3,(H,83,101)(H,84,102)(H,85,96)(H,86,100)(H,87,99)(H,88,103)/t53-,54-,55+,59-,60-,61-,62-,63?,64-,69-,70-,80?/m0/s1. The van der Waals surface area contributed by atoms with E-state index in [0.29, 0.717) is 40.2 Å². The van der Waals surface area contributed by atoms with Gasteiger partial charge in [-0.05, 0) is 113 Å². The zero-order valence-corrected chi connectivity index (χ0v) is 68.9. The second-order valence-corrected chi connectivity index (χ2v) is 32.6. The van der Waals surface area contributed by atoms with E-state index < -0.39 is 157 Å². The molecule has 0 aromatic heterocycles. The second-order valence-electron chi connectivity index (χ2n) is 29.9. The third-order valence-electron chi connectivity index (χ3n) is 19.5. The number of aliphatic hydroxyl groups excluding tert-OH is 2. The van der Waals surface area contributed by atoms with Gasteiger partial charge in [-0.25, -0.2) is 0 Å². The smallest absolute Gasteiger partial charge is 0.313 e. The summed E-state index contributed by atoms with van der Waals surface area (Å²) >= 11 is 0. The van der Waals surface area contributed by atoms with E-state index in [1.165, 1.54) is 75.6 Å². The monoisotopic (exact) mass is 1580 g/mol. The van der Waals surface area contributed by atoms with Crippen LogP contribution in [-0.4, -0.2) is 250 Å². The minimum absolute atomic E-state index is 0.0370. The largest absolute Gasteiger partial charge is 0.425 e. The van der Waals surface area contributed by atoms with Crippen LogP contribution in [0.5, 0.6) is 5.75 Å². The van der Waals surface area contributed by atoms with Crippen molar-refractivity contribution < 1.29 is 72.5 Å². The van der Waals surface area contributed by atoms with Crippen molar-refractivity contribution >= 4 is 92.5 Å². The summed E-state index contributed by atoms with van der Waals surface area (Å²) in [7, 11) is 9.81. The van der Waals surface area contributed by atoms with Gasteiger partial charge in [-0.2, -0.15) is 0 Å². The number of nitrogens with one attached hydrogen (secondary N) is 6. The van der Waals surface area contributed by atoms with Gasteiger partial charge < -0.3 is 77.1 Å². The zero-order valence-electron chi connectivity index (χ0n) is 67.2. The van der Waals surface area contributed by atoms with Gasteiger partial charge in [-0.1, -0.05) is 173 Å². The van der Waals surface area contributed by atoms with Crippen molar-refractivity contribution in [3.8, 4) is 5.75 Å². The number of amides is 11. The number of hydrogen-bond donors (Lipinski definition) is 9. The molecule has 1 heterocycles. The number of para-hydroxylation sites is 1. The maximum atomic E-state index is 15.3. The first-order valence-corrected chi connectivity index (χ1v) is 40.4. The number of nitrogens with zero attached hydrogens (tertiary/aromatic N) is 6. The van der Waals surface area contributed by atoms with Crippen LogP contribution in [0.4, 0.5) is 0 Å². The second kappa shape index (κ2) is 45.5. The van der Waals surface area contributed by atoms with E-state index in [1.807, 2.05) is 40.7 Å². The molecule has 1 saturated heterocycles. The Hall–Kier alpha value is -8.94. The van der Waals surface area contributed by atoms with E-state index >= 15 is 9.59 Å². The summed E-state index contributed by atoms with van der Waals surface area (Å²) in [6.45, 7) is 18.8. The van der Waals surface area contributed by atoms with E-state index in [-0.39, 0.29) is 61.5 Å². The minimum atomic E-state index is -1.73. The van der Waals surface area contributed by atoms with Gasteiger partial charge in [0.1, 0.15) is 54.3 Å². The van der Waals surface area contributed by atoms with Crippen LogP contribution in [0.2, 0.25) is 0 Å². The average molecular weight is 1580 g/mol. The first kappa shape index (κ1) is 92.7. The SMILES string of the molecule is CCSSc1cccc(C)c1OC(=O)C[C@H](NC(=O)[C@H](Cc1ccccc1)NC(=O)CN(C)C(=O)[C@H](CC(C)C)N(C)C(=O)CNC(=O)[C@H](Cc1ccccc1)N(C)C(=O)[C@@H](NC(=O)[C@H](CC(C)C)N(C)C(O)[C@@H](NC(=O)[C@H](C)N)C(C)C)[C@@H](C)O)C(=O)N(C)C(Cc1ccccc1)C(=O)N[C@@H](C)C(=O)N1CCCCC1. The Morgan fingerprint density at radius 2 is 1.07 bits per heavy atom. The summed E-state index contributed by atoms with van der Waals surface area (Å²) in [5, 5.41) is 39.3. The number of aryl methyl sites for hydroxylation is 1. The van der Waals surface area contributed by atoms with Crippen molar-refractivity contribution in [2.45, 2.75) is 212 Å². The lowest BCUT2D eigenvalue weighted by molar-refractivity contribution is -0.147. The van der Waals surface area contributed by atoms with Gasteiger partial charge in [0, 0.05) is 66.3 Å². The van der Waals surface area contributed by atoms with Crippen LogP contribution in [-0.2, 0) is 76.8 Å². The number of piperidine rings is 1. The Labute approximate surface area is 662 Å². The number of benzene rings is 4. The molecule has 2 unspecified atom stereocenters. The fourth-order valence-electron chi connectivity index (χ4n) is 12.9. The summed E-state index contributed by atoms with van der Waals surface area (Å²) in [5.41, 5.74) is 8.29. The lowest BCUT2D eigenvalue weighted by Gasteiger charge is -2.39. The number of esters is 1. The molecule has 12 atom stereocenters. The Bertz CT molecular complexity index is 3740. The van der Waals surface area contributed by atoms with E-state index in [9.17, 15) is 58.2 Å².